The van der Waals surface area contributed by atoms with Crippen LogP contribution in [0.4, 0.5) is 0 Å². The monoisotopic (exact) mass is 162 g/mol. The topological polar surface area (TPSA) is 69.1 Å². The minimum atomic E-state index is -1.44. The third-order valence-corrected chi connectivity index (χ3v) is 1.79. The standard InChI is InChI=1S/C7H7BN2O2/c11-8(12)6-4-10-7-1-2-9-3-5(6)7/h1-4,10-12H. The van der Waals surface area contributed by atoms with Crippen LogP contribution in [0.3, 0.4) is 0 Å². The summed E-state index contributed by atoms with van der Waals surface area (Å²) in [7, 11) is -1.44. The molecule has 0 amide bonds. The smallest absolute Gasteiger partial charge is 0.423 e. The van der Waals surface area contributed by atoms with Crippen molar-refractivity contribution in [2.45, 2.75) is 0 Å². The Morgan fingerprint density at radius 2 is 2.25 bits per heavy atom. The summed E-state index contributed by atoms with van der Waals surface area (Å²) in [5.41, 5.74) is 1.31. The summed E-state index contributed by atoms with van der Waals surface area (Å²) in [6.45, 7) is 0. The van der Waals surface area contributed by atoms with E-state index in [4.69, 9.17) is 10.0 Å². The molecule has 0 atom stereocenters. The maximum atomic E-state index is 8.92. The van der Waals surface area contributed by atoms with Gasteiger partial charge in [-0.3, -0.25) is 4.98 Å². The van der Waals surface area contributed by atoms with Gasteiger partial charge in [0, 0.05) is 35.0 Å². The summed E-state index contributed by atoms with van der Waals surface area (Å²) in [5, 5.41) is 18.6. The molecule has 0 fully saturated rings. The van der Waals surface area contributed by atoms with Crippen LogP contribution in [-0.2, 0) is 0 Å². The Labute approximate surface area is 69.0 Å². The van der Waals surface area contributed by atoms with Gasteiger partial charge >= 0.3 is 7.12 Å². The van der Waals surface area contributed by atoms with Crippen molar-refractivity contribution in [2.75, 3.05) is 0 Å². The van der Waals surface area contributed by atoms with Crippen LogP contribution in [-0.4, -0.2) is 27.1 Å². The molecule has 2 heterocycles. The van der Waals surface area contributed by atoms with Crippen molar-refractivity contribution >= 4 is 23.5 Å². The largest absolute Gasteiger partial charge is 0.490 e. The number of rotatable bonds is 1. The lowest BCUT2D eigenvalue weighted by Crippen LogP contribution is -2.28. The number of nitrogens with zero attached hydrogens (tertiary/aromatic N) is 1. The molecule has 0 aliphatic heterocycles. The Morgan fingerprint density at radius 1 is 1.42 bits per heavy atom. The highest BCUT2D eigenvalue weighted by molar-refractivity contribution is 6.61. The van der Waals surface area contributed by atoms with Crippen LogP contribution < -0.4 is 5.46 Å². The average Bonchev–Trinajstić information content (AvgIpc) is 2.47. The average molecular weight is 162 g/mol. The fourth-order valence-corrected chi connectivity index (χ4v) is 1.20. The summed E-state index contributed by atoms with van der Waals surface area (Å²) in [4.78, 5) is 6.80. The van der Waals surface area contributed by atoms with Crippen molar-refractivity contribution in [2.24, 2.45) is 0 Å². The fourth-order valence-electron chi connectivity index (χ4n) is 1.20. The lowest BCUT2D eigenvalue weighted by atomic mass is 9.81. The zero-order valence-electron chi connectivity index (χ0n) is 6.23. The molecule has 0 aromatic carbocycles. The molecular formula is C7H7BN2O2. The number of aromatic nitrogens is 2. The van der Waals surface area contributed by atoms with E-state index < -0.39 is 7.12 Å². The zero-order chi connectivity index (χ0) is 8.55. The Hall–Kier alpha value is -1.33. The van der Waals surface area contributed by atoms with Crippen molar-refractivity contribution in [1.29, 1.82) is 0 Å². The maximum absolute atomic E-state index is 8.92. The molecule has 0 bridgehead atoms. The molecule has 4 nitrogen and oxygen atoms in total. The van der Waals surface area contributed by atoms with E-state index in [1.807, 2.05) is 0 Å². The van der Waals surface area contributed by atoms with Gasteiger partial charge < -0.3 is 15.0 Å². The molecule has 0 saturated heterocycles. The van der Waals surface area contributed by atoms with Gasteiger partial charge in [0.2, 0.25) is 0 Å². The molecule has 0 aliphatic carbocycles. The first kappa shape index (κ1) is 7.33. The van der Waals surface area contributed by atoms with Crippen LogP contribution in [0.25, 0.3) is 10.9 Å². The summed E-state index contributed by atoms with van der Waals surface area (Å²) in [5.74, 6) is 0. The molecule has 0 saturated carbocycles. The molecule has 0 aliphatic rings. The predicted octanol–water partition coefficient (Wildman–Crippen LogP) is -0.757. The number of aromatic amines is 1. The molecule has 0 radical (unpaired) electrons. The quantitative estimate of drug-likeness (QED) is 0.483. The molecule has 12 heavy (non-hydrogen) atoms. The van der Waals surface area contributed by atoms with E-state index in [0.29, 0.717) is 5.46 Å². The molecule has 0 spiro atoms. The van der Waals surface area contributed by atoms with Crippen molar-refractivity contribution in [3.05, 3.63) is 24.7 Å². The van der Waals surface area contributed by atoms with Crippen molar-refractivity contribution in [3.8, 4) is 0 Å². The second-order valence-electron chi connectivity index (χ2n) is 2.54. The highest BCUT2D eigenvalue weighted by Crippen LogP contribution is 2.06. The van der Waals surface area contributed by atoms with Crippen LogP contribution in [0, 0.1) is 0 Å². The van der Waals surface area contributed by atoms with E-state index in [9.17, 15) is 0 Å². The van der Waals surface area contributed by atoms with Gasteiger partial charge in [0.25, 0.3) is 0 Å². The Kier molecular flexibility index (Phi) is 1.60. The zero-order valence-corrected chi connectivity index (χ0v) is 6.23. The third kappa shape index (κ3) is 0.994. The van der Waals surface area contributed by atoms with Crippen LogP contribution >= 0.6 is 0 Å². The SMILES string of the molecule is OB(O)c1c[nH]c2ccncc12. The molecule has 2 aromatic rings. The highest BCUT2D eigenvalue weighted by atomic mass is 16.4. The Balaban J connectivity index is 2.70. The molecule has 3 N–H and O–H groups in total. The van der Waals surface area contributed by atoms with Crippen LogP contribution in [0.1, 0.15) is 0 Å². The van der Waals surface area contributed by atoms with E-state index >= 15 is 0 Å². The van der Waals surface area contributed by atoms with Gasteiger partial charge in [-0.2, -0.15) is 0 Å². The van der Waals surface area contributed by atoms with Gasteiger partial charge in [0.15, 0.2) is 0 Å². The number of pyridine rings is 1. The second-order valence-corrected chi connectivity index (χ2v) is 2.54. The number of fused-ring (bicyclic) bond motifs is 1. The Bertz CT molecular complexity index is 399. The third-order valence-electron chi connectivity index (χ3n) is 1.79. The molecule has 0 unspecified atom stereocenters. The Morgan fingerprint density at radius 3 is 3.00 bits per heavy atom. The predicted molar refractivity (Wildman–Crippen MR) is 45.9 cm³/mol. The van der Waals surface area contributed by atoms with Gasteiger partial charge in [0.05, 0.1) is 0 Å². The van der Waals surface area contributed by atoms with Crippen LogP contribution in [0.2, 0.25) is 0 Å². The molecular weight excluding hydrogens is 155 g/mol. The van der Waals surface area contributed by atoms with Gasteiger partial charge in [0.1, 0.15) is 0 Å². The number of nitrogens with one attached hydrogen (secondary N) is 1. The first-order chi connectivity index (χ1) is 5.79. The highest BCUT2D eigenvalue weighted by Gasteiger charge is 2.15. The lowest BCUT2D eigenvalue weighted by molar-refractivity contribution is 0.426. The van der Waals surface area contributed by atoms with E-state index in [0.717, 1.165) is 10.9 Å². The van der Waals surface area contributed by atoms with Gasteiger partial charge in [-0.15, -0.1) is 0 Å². The second kappa shape index (κ2) is 2.62. The van der Waals surface area contributed by atoms with E-state index in [1.54, 1.807) is 24.7 Å². The number of hydrogen-bond acceptors (Lipinski definition) is 3. The van der Waals surface area contributed by atoms with E-state index in [-0.39, 0.29) is 0 Å². The molecule has 5 heteroatoms. The van der Waals surface area contributed by atoms with E-state index in [1.165, 1.54) is 0 Å². The number of H-pyrrole nitrogens is 1. The maximum Gasteiger partial charge on any atom is 0.490 e. The molecule has 2 rings (SSSR count). The molecule has 60 valence electrons. The minimum absolute atomic E-state index is 0.457. The van der Waals surface area contributed by atoms with E-state index in [2.05, 4.69) is 9.97 Å². The first-order valence-electron chi connectivity index (χ1n) is 3.56. The summed E-state index contributed by atoms with van der Waals surface area (Å²) in [6, 6.07) is 1.78. The number of hydrogen-bond donors (Lipinski definition) is 3. The minimum Gasteiger partial charge on any atom is -0.423 e. The summed E-state index contributed by atoms with van der Waals surface area (Å²) >= 11 is 0. The van der Waals surface area contributed by atoms with Gasteiger partial charge in [-0.25, -0.2) is 0 Å². The van der Waals surface area contributed by atoms with Crippen molar-refractivity contribution in [3.63, 3.8) is 0 Å². The van der Waals surface area contributed by atoms with Gasteiger partial charge in [-0.1, -0.05) is 0 Å². The fraction of sp³-hybridized carbons (Fsp3) is 0. The van der Waals surface area contributed by atoms with Gasteiger partial charge in [-0.05, 0) is 6.07 Å². The van der Waals surface area contributed by atoms with Crippen LogP contribution in [0.5, 0.6) is 0 Å². The lowest BCUT2D eigenvalue weighted by Gasteiger charge is -1.93. The summed E-state index contributed by atoms with van der Waals surface area (Å²) in [6.07, 6.45) is 4.81. The molecule has 2 aromatic heterocycles. The van der Waals surface area contributed by atoms with Crippen molar-refractivity contribution in [1.82, 2.24) is 9.97 Å². The van der Waals surface area contributed by atoms with Crippen molar-refractivity contribution < 1.29 is 10.0 Å². The summed E-state index contributed by atoms with van der Waals surface area (Å²) < 4.78 is 0. The normalized spacial score (nSPS) is 10.5. The van der Waals surface area contributed by atoms with Crippen LogP contribution in [0.15, 0.2) is 24.7 Å². The first-order valence-corrected chi connectivity index (χ1v) is 3.56.